The van der Waals surface area contributed by atoms with Crippen molar-refractivity contribution in [1.82, 2.24) is 4.98 Å². The van der Waals surface area contributed by atoms with Crippen LogP contribution in [-0.4, -0.2) is 33.5 Å². The lowest BCUT2D eigenvalue weighted by Crippen LogP contribution is -2.53. The predicted octanol–water partition coefficient (Wildman–Crippen LogP) is 8.56. The van der Waals surface area contributed by atoms with E-state index in [1.165, 1.54) is 9.89 Å². The van der Waals surface area contributed by atoms with Crippen LogP contribution in [0.25, 0.3) is 10.2 Å². The number of benzene rings is 2. The van der Waals surface area contributed by atoms with Crippen molar-refractivity contribution in [1.29, 1.82) is 0 Å². The van der Waals surface area contributed by atoms with Gasteiger partial charge in [0.15, 0.2) is 4.34 Å². The van der Waals surface area contributed by atoms with Gasteiger partial charge in [-0.05, 0) is 89.2 Å². The Balaban J connectivity index is 1.29. The highest BCUT2D eigenvalue weighted by Gasteiger charge is 2.39. The summed E-state index contributed by atoms with van der Waals surface area (Å²) in [4.78, 5) is 4.65. The molecule has 0 saturated carbocycles. The maximum absolute atomic E-state index is 5.95. The highest BCUT2D eigenvalue weighted by Crippen LogP contribution is 2.56. The average molecular weight is 582 g/mol. The molecule has 0 N–H and O–H groups in total. The van der Waals surface area contributed by atoms with E-state index in [1.54, 1.807) is 65.8 Å². The van der Waals surface area contributed by atoms with E-state index in [4.69, 9.17) is 8.85 Å². The monoisotopic (exact) mass is 581 g/mol. The fraction of sp³-hybridized carbons (Fsp3) is 0.316. The highest BCUT2D eigenvalue weighted by atomic mass is 33.9. The van der Waals surface area contributed by atoms with Crippen molar-refractivity contribution in [2.45, 2.75) is 17.3 Å². The molecule has 0 radical (unpaired) electrons. The lowest BCUT2D eigenvalue weighted by atomic mass is 10.3. The summed E-state index contributed by atoms with van der Waals surface area (Å²) in [6.45, 7) is 2.29. The van der Waals surface area contributed by atoms with E-state index in [-0.39, 0.29) is 0 Å². The number of thiazole rings is 1. The Bertz CT molecular complexity index is 879. The quantitative estimate of drug-likeness (QED) is 0.105. The normalized spacial score (nSPS) is 13.0. The molecule has 0 saturated heterocycles. The Morgan fingerprint density at radius 1 is 0.903 bits per heavy atom. The molecule has 0 amide bonds. The van der Waals surface area contributed by atoms with Crippen molar-refractivity contribution in [3.05, 3.63) is 54.6 Å². The van der Waals surface area contributed by atoms with Crippen molar-refractivity contribution in [2.24, 2.45) is 5.92 Å². The van der Waals surface area contributed by atoms with Crippen molar-refractivity contribution < 1.29 is 8.85 Å². The summed E-state index contributed by atoms with van der Waals surface area (Å²) in [5.41, 5.74) is 1.09. The number of aromatic nitrogens is 1. The molecule has 1 heterocycles. The van der Waals surface area contributed by atoms with Crippen molar-refractivity contribution in [3.63, 3.8) is 0 Å². The predicted molar refractivity (Wildman–Crippen MR) is 156 cm³/mol. The average Bonchev–Trinajstić information content (AvgIpc) is 3.23. The first-order chi connectivity index (χ1) is 15.2. The van der Waals surface area contributed by atoms with Crippen molar-refractivity contribution >= 4 is 106 Å². The molecule has 3 nitrogen and oxygen atoms in total. The molecule has 0 aliphatic carbocycles. The minimum atomic E-state index is -2.36. The first-order valence-electron chi connectivity index (χ1n) is 9.31. The molecule has 0 fully saturated rings. The van der Waals surface area contributed by atoms with Crippen LogP contribution in [0.15, 0.2) is 58.9 Å². The van der Waals surface area contributed by atoms with Crippen LogP contribution in [0.5, 0.6) is 0 Å². The third kappa shape index (κ3) is 8.27. The van der Waals surface area contributed by atoms with E-state index in [1.807, 2.05) is 42.6 Å². The van der Waals surface area contributed by atoms with Gasteiger partial charge in [0.1, 0.15) is 0 Å². The van der Waals surface area contributed by atoms with Crippen LogP contribution < -0.4 is 5.19 Å². The lowest BCUT2D eigenvalue weighted by Gasteiger charge is -2.30. The number of rotatable bonds is 14. The molecule has 0 spiro atoms. The maximum Gasteiger partial charge on any atom is 0.372 e. The number of fused-ring (bicyclic) bond motifs is 1. The molecule has 0 aliphatic rings. The van der Waals surface area contributed by atoms with Crippen LogP contribution in [0.4, 0.5) is 0 Å². The van der Waals surface area contributed by atoms with Crippen LogP contribution in [-0.2, 0) is 8.85 Å². The molecule has 1 atom stereocenters. The van der Waals surface area contributed by atoms with Crippen LogP contribution >= 0.6 is 82.1 Å². The number of nitrogens with zero attached hydrogens (tertiary/aromatic N) is 1. The summed E-state index contributed by atoms with van der Waals surface area (Å²) in [5.74, 6) is 1.59. The SMILES string of the molecule is CO[Si](CC(C)CSSSSSSSc1nc2ccccc2s1)(OC)c1ccccc1. The summed E-state index contributed by atoms with van der Waals surface area (Å²) in [6.07, 6.45) is 0. The summed E-state index contributed by atoms with van der Waals surface area (Å²) in [5, 5.41) is 1.20. The largest absolute Gasteiger partial charge is 0.394 e. The smallest absolute Gasteiger partial charge is 0.372 e. The second-order valence-electron chi connectivity index (χ2n) is 6.49. The molecule has 1 unspecified atom stereocenters. The standard InChI is InChI=1S/C19H23NO2S8Si/c1-15(14-31(21-2,22-3)16-9-5-4-6-10-16)13-23-26-28-30-29-27-25-19-20-17-11-7-8-12-18(17)24-19/h4-12,15H,13-14H2,1-3H3. The topological polar surface area (TPSA) is 31.4 Å². The van der Waals surface area contributed by atoms with E-state index in [0.29, 0.717) is 5.92 Å². The number of hydrogen-bond donors (Lipinski definition) is 0. The molecule has 2 aromatic carbocycles. The van der Waals surface area contributed by atoms with Gasteiger partial charge in [0.05, 0.1) is 10.2 Å². The minimum absolute atomic E-state index is 0.520. The van der Waals surface area contributed by atoms with E-state index in [2.05, 4.69) is 54.4 Å². The number of hydrogen-bond acceptors (Lipinski definition) is 11. The van der Waals surface area contributed by atoms with Crippen molar-refractivity contribution in [3.8, 4) is 0 Å². The molecule has 168 valence electrons. The van der Waals surface area contributed by atoms with Gasteiger partial charge in [0, 0.05) is 20.0 Å². The minimum Gasteiger partial charge on any atom is -0.394 e. The van der Waals surface area contributed by atoms with E-state index in [0.717, 1.165) is 21.7 Å². The van der Waals surface area contributed by atoms with E-state index in [9.17, 15) is 0 Å². The summed E-state index contributed by atoms with van der Waals surface area (Å²) in [6, 6.07) is 19.7. The van der Waals surface area contributed by atoms with Gasteiger partial charge in [-0.15, -0.1) is 11.3 Å². The third-order valence-corrected chi connectivity index (χ3v) is 22.6. The molecule has 12 heteroatoms. The van der Waals surface area contributed by atoms with E-state index >= 15 is 0 Å². The van der Waals surface area contributed by atoms with Gasteiger partial charge >= 0.3 is 8.56 Å². The zero-order valence-electron chi connectivity index (χ0n) is 17.2. The fourth-order valence-electron chi connectivity index (χ4n) is 2.94. The van der Waals surface area contributed by atoms with Gasteiger partial charge in [0.25, 0.3) is 0 Å². The highest BCUT2D eigenvalue weighted by molar-refractivity contribution is 9.46. The van der Waals surface area contributed by atoms with Crippen LogP contribution in [0.1, 0.15) is 6.92 Å². The van der Waals surface area contributed by atoms with Gasteiger partial charge in [-0.3, -0.25) is 0 Å². The molecule has 0 bridgehead atoms. The van der Waals surface area contributed by atoms with Gasteiger partial charge in [0.2, 0.25) is 0 Å². The molecule has 3 aromatic rings. The van der Waals surface area contributed by atoms with Crippen LogP contribution in [0.2, 0.25) is 6.04 Å². The molecular weight excluding hydrogens is 559 g/mol. The maximum atomic E-state index is 5.95. The molecule has 1 aromatic heterocycles. The molecule has 0 aliphatic heterocycles. The van der Waals surface area contributed by atoms with Crippen LogP contribution in [0.3, 0.4) is 0 Å². The Labute approximate surface area is 215 Å². The first kappa shape index (κ1) is 26.5. The summed E-state index contributed by atoms with van der Waals surface area (Å²) in [7, 11) is 13.9. The fourth-order valence-corrected chi connectivity index (χ4v) is 22.0. The third-order valence-electron chi connectivity index (χ3n) is 4.38. The zero-order valence-corrected chi connectivity index (χ0v) is 24.7. The Hall–Kier alpha value is 0.917. The molecule has 3 rings (SSSR count). The Morgan fingerprint density at radius 2 is 1.58 bits per heavy atom. The molecular formula is C19H23NO2S8Si. The summed E-state index contributed by atoms with van der Waals surface area (Å²) >= 11 is 1.75. The van der Waals surface area contributed by atoms with Gasteiger partial charge in [-0.25, -0.2) is 4.98 Å². The second kappa shape index (κ2) is 14.3. The van der Waals surface area contributed by atoms with Crippen LogP contribution in [0, 0.1) is 5.92 Å². The molecule has 31 heavy (non-hydrogen) atoms. The Morgan fingerprint density at radius 3 is 2.32 bits per heavy atom. The van der Waals surface area contributed by atoms with Gasteiger partial charge < -0.3 is 8.85 Å². The van der Waals surface area contributed by atoms with Gasteiger partial charge in [-0.2, -0.15) is 0 Å². The van der Waals surface area contributed by atoms with Gasteiger partial charge in [-0.1, -0.05) is 60.2 Å². The zero-order chi connectivity index (χ0) is 21.9. The lowest BCUT2D eigenvalue weighted by molar-refractivity contribution is 0.252. The van der Waals surface area contributed by atoms with E-state index < -0.39 is 8.56 Å². The Kier molecular flexibility index (Phi) is 12.3. The first-order valence-corrected chi connectivity index (χ1v) is 21.1. The second-order valence-corrected chi connectivity index (χ2v) is 22.3. The summed E-state index contributed by atoms with van der Waals surface area (Å²) < 4.78 is 14.3. The van der Waals surface area contributed by atoms with Crippen molar-refractivity contribution in [2.75, 3.05) is 20.0 Å². The number of para-hydroxylation sites is 1.